The quantitative estimate of drug-likeness (QED) is 0.829. The van der Waals surface area contributed by atoms with E-state index in [0.29, 0.717) is 25.9 Å². The third-order valence-electron chi connectivity index (χ3n) is 5.07. The van der Waals surface area contributed by atoms with Crippen LogP contribution in [0, 0.1) is 19.8 Å². The maximum Gasteiger partial charge on any atom is 0.236 e. The SMILES string of the molecule is Cc1ccc(C)c(NC(=O)C2CCN(S(=O)(=O)/C=C/c3ccccc3)CC2)c1. The van der Waals surface area contributed by atoms with Crippen LogP contribution in [0.25, 0.3) is 6.08 Å². The van der Waals surface area contributed by atoms with Gasteiger partial charge in [0, 0.05) is 30.1 Å². The van der Waals surface area contributed by atoms with Gasteiger partial charge in [-0.25, -0.2) is 8.42 Å². The second-order valence-corrected chi connectivity index (χ2v) is 9.06. The van der Waals surface area contributed by atoms with E-state index in [1.807, 2.05) is 62.4 Å². The van der Waals surface area contributed by atoms with Crippen molar-refractivity contribution < 1.29 is 13.2 Å². The van der Waals surface area contributed by atoms with E-state index in [-0.39, 0.29) is 11.8 Å². The van der Waals surface area contributed by atoms with Crippen LogP contribution in [0.5, 0.6) is 0 Å². The van der Waals surface area contributed by atoms with Gasteiger partial charge in [-0.1, -0.05) is 42.5 Å². The fourth-order valence-corrected chi connectivity index (χ4v) is 4.51. The van der Waals surface area contributed by atoms with Crippen LogP contribution in [0.3, 0.4) is 0 Å². The van der Waals surface area contributed by atoms with Crippen molar-refractivity contribution in [2.45, 2.75) is 26.7 Å². The standard InChI is InChI=1S/C22H26N2O3S/c1-17-8-9-18(2)21(16-17)23-22(25)20-10-13-24(14-11-20)28(26,27)15-12-19-6-4-3-5-7-19/h3-9,12,15-16,20H,10-11,13-14H2,1-2H3,(H,23,25)/b15-12+. The van der Waals surface area contributed by atoms with Gasteiger partial charge < -0.3 is 5.32 Å². The Morgan fingerprint density at radius 3 is 2.43 bits per heavy atom. The Hall–Kier alpha value is -2.44. The van der Waals surface area contributed by atoms with Crippen molar-refractivity contribution in [3.05, 3.63) is 70.6 Å². The first-order valence-electron chi connectivity index (χ1n) is 9.46. The van der Waals surface area contributed by atoms with Gasteiger partial charge >= 0.3 is 0 Å². The molecule has 0 atom stereocenters. The Balaban J connectivity index is 1.58. The third-order valence-corrected chi connectivity index (χ3v) is 6.63. The minimum atomic E-state index is -3.48. The first kappa shape index (κ1) is 20.3. The molecule has 1 heterocycles. The number of carbonyl (C=O) groups excluding carboxylic acids is 1. The molecule has 5 nitrogen and oxygen atoms in total. The summed E-state index contributed by atoms with van der Waals surface area (Å²) in [5.41, 5.74) is 3.77. The highest BCUT2D eigenvalue weighted by Crippen LogP contribution is 2.24. The van der Waals surface area contributed by atoms with Gasteiger partial charge in [0.05, 0.1) is 0 Å². The first-order chi connectivity index (χ1) is 13.3. The fourth-order valence-electron chi connectivity index (χ4n) is 3.29. The predicted octanol–water partition coefficient (Wildman–Crippen LogP) is 3.95. The summed E-state index contributed by atoms with van der Waals surface area (Å²) in [6.45, 7) is 4.66. The monoisotopic (exact) mass is 398 g/mol. The molecule has 1 saturated heterocycles. The van der Waals surface area contributed by atoms with Gasteiger partial charge in [0.15, 0.2) is 0 Å². The van der Waals surface area contributed by atoms with Crippen LogP contribution in [0.4, 0.5) is 5.69 Å². The van der Waals surface area contributed by atoms with Crippen LogP contribution in [0.1, 0.15) is 29.5 Å². The Labute approximate surface area is 167 Å². The highest BCUT2D eigenvalue weighted by atomic mass is 32.2. The van der Waals surface area contributed by atoms with Gasteiger partial charge in [0.2, 0.25) is 15.9 Å². The summed E-state index contributed by atoms with van der Waals surface area (Å²) in [6, 6.07) is 15.3. The number of anilines is 1. The second kappa shape index (κ2) is 8.71. The van der Waals surface area contributed by atoms with E-state index in [1.165, 1.54) is 9.71 Å². The minimum Gasteiger partial charge on any atom is -0.326 e. The lowest BCUT2D eigenvalue weighted by atomic mass is 9.97. The summed E-state index contributed by atoms with van der Waals surface area (Å²) in [6.07, 6.45) is 2.65. The zero-order valence-corrected chi connectivity index (χ0v) is 17.1. The molecule has 2 aromatic carbocycles. The average Bonchev–Trinajstić information content (AvgIpc) is 2.70. The van der Waals surface area contributed by atoms with Crippen molar-refractivity contribution in [1.82, 2.24) is 4.31 Å². The molecule has 3 rings (SSSR count). The molecule has 148 valence electrons. The zero-order chi connectivity index (χ0) is 20.1. The lowest BCUT2D eigenvalue weighted by molar-refractivity contribution is -0.120. The fraction of sp³-hybridized carbons (Fsp3) is 0.318. The summed E-state index contributed by atoms with van der Waals surface area (Å²) >= 11 is 0. The molecule has 6 heteroatoms. The predicted molar refractivity (Wildman–Crippen MR) is 113 cm³/mol. The number of nitrogens with one attached hydrogen (secondary N) is 1. The molecule has 1 N–H and O–H groups in total. The van der Waals surface area contributed by atoms with Crippen molar-refractivity contribution in [2.75, 3.05) is 18.4 Å². The molecule has 1 amide bonds. The number of hydrogen-bond donors (Lipinski definition) is 1. The summed E-state index contributed by atoms with van der Waals surface area (Å²) in [4.78, 5) is 12.6. The smallest absolute Gasteiger partial charge is 0.236 e. The normalized spacial score (nSPS) is 16.4. The summed E-state index contributed by atoms with van der Waals surface area (Å²) in [5, 5.41) is 4.25. The maximum atomic E-state index is 12.6. The van der Waals surface area contributed by atoms with E-state index < -0.39 is 10.0 Å². The van der Waals surface area contributed by atoms with Gasteiger partial charge in [-0.2, -0.15) is 4.31 Å². The van der Waals surface area contributed by atoms with E-state index >= 15 is 0 Å². The topological polar surface area (TPSA) is 66.5 Å². The zero-order valence-electron chi connectivity index (χ0n) is 16.3. The Morgan fingerprint density at radius 2 is 1.75 bits per heavy atom. The van der Waals surface area contributed by atoms with E-state index in [2.05, 4.69) is 5.32 Å². The first-order valence-corrected chi connectivity index (χ1v) is 11.0. The van der Waals surface area contributed by atoms with Crippen LogP contribution in [0.2, 0.25) is 0 Å². The van der Waals surface area contributed by atoms with Crippen LogP contribution in [-0.2, 0) is 14.8 Å². The molecule has 1 aliphatic rings. The van der Waals surface area contributed by atoms with Crippen LogP contribution >= 0.6 is 0 Å². The van der Waals surface area contributed by atoms with Gasteiger partial charge in [-0.3, -0.25) is 4.79 Å². The maximum absolute atomic E-state index is 12.6. The number of rotatable bonds is 5. The molecule has 28 heavy (non-hydrogen) atoms. The molecule has 2 aromatic rings. The number of nitrogens with zero attached hydrogens (tertiary/aromatic N) is 1. The molecule has 0 unspecified atom stereocenters. The molecule has 0 radical (unpaired) electrons. The molecule has 0 saturated carbocycles. The Morgan fingerprint density at radius 1 is 1.07 bits per heavy atom. The van der Waals surface area contributed by atoms with E-state index in [0.717, 1.165) is 22.4 Å². The van der Waals surface area contributed by atoms with Crippen molar-refractivity contribution >= 4 is 27.7 Å². The van der Waals surface area contributed by atoms with Gasteiger partial charge in [-0.05, 0) is 55.5 Å². The van der Waals surface area contributed by atoms with Crippen LogP contribution in [-0.4, -0.2) is 31.7 Å². The van der Waals surface area contributed by atoms with Crippen molar-refractivity contribution in [3.8, 4) is 0 Å². The molecule has 0 aliphatic carbocycles. The molecule has 0 bridgehead atoms. The summed E-state index contributed by atoms with van der Waals surface area (Å²) in [5.74, 6) is -0.213. The molecule has 1 aliphatic heterocycles. The third kappa shape index (κ3) is 5.09. The molecule has 0 aromatic heterocycles. The Bertz CT molecular complexity index is 961. The van der Waals surface area contributed by atoms with E-state index in [1.54, 1.807) is 6.08 Å². The molecular formula is C22H26N2O3S. The lowest BCUT2D eigenvalue weighted by Gasteiger charge is -2.29. The van der Waals surface area contributed by atoms with Crippen molar-refractivity contribution in [2.24, 2.45) is 5.92 Å². The molecule has 1 fully saturated rings. The molecular weight excluding hydrogens is 372 g/mol. The number of hydrogen-bond acceptors (Lipinski definition) is 3. The number of amides is 1. The number of sulfonamides is 1. The highest BCUT2D eigenvalue weighted by molar-refractivity contribution is 7.92. The van der Waals surface area contributed by atoms with Crippen LogP contribution < -0.4 is 5.32 Å². The largest absolute Gasteiger partial charge is 0.326 e. The Kier molecular flexibility index (Phi) is 6.31. The van der Waals surface area contributed by atoms with E-state index in [9.17, 15) is 13.2 Å². The lowest BCUT2D eigenvalue weighted by Crippen LogP contribution is -2.40. The van der Waals surface area contributed by atoms with Gasteiger partial charge in [0.1, 0.15) is 0 Å². The average molecular weight is 399 g/mol. The van der Waals surface area contributed by atoms with Crippen molar-refractivity contribution in [1.29, 1.82) is 0 Å². The number of benzene rings is 2. The second-order valence-electron chi connectivity index (χ2n) is 7.24. The number of carbonyl (C=O) groups is 1. The van der Waals surface area contributed by atoms with Crippen molar-refractivity contribution in [3.63, 3.8) is 0 Å². The molecule has 0 spiro atoms. The summed E-state index contributed by atoms with van der Waals surface area (Å²) < 4.78 is 26.5. The number of piperidine rings is 1. The number of aryl methyl sites for hydroxylation is 2. The van der Waals surface area contributed by atoms with E-state index in [4.69, 9.17) is 0 Å². The highest BCUT2D eigenvalue weighted by Gasteiger charge is 2.30. The van der Waals surface area contributed by atoms with Gasteiger partial charge in [0.25, 0.3) is 0 Å². The minimum absolute atomic E-state index is 0.0365. The summed E-state index contributed by atoms with van der Waals surface area (Å²) in [7, 11) is -3.48. The van der Waals surface area contributed by atoms with Gasteiger partial charge in [-0.15, -0.1) is 0 Å². The van der Waals surface area contributed by atoms with Crippen LogP contribution in [0.15, 0.2) is 53.9 Å².